The molecule has 0 fully saturated rings. The second-order valence-corrected chi connectivity index (χ2v) is 7.84. The third-order valence-corrected chi connectivity index (χ3v) is 5.62. The van der Waals surface area contributed by atoms with Gasteiger partial charge in [0, 0.05) is 16.7 Å². The predicted octanol–water partition coefficient (Wildman–Crippen LogP) is 6.29. The molecule has 0 saturated heterocycles. The number of thiophene rings is 1. The van der Waals surface area contributed by atoms with Crippen molar-refractivity contribution in [3.8, 4) is 5.75 Å². The summed E-state index contributed by atoms with van der Waals surface area (Å²) < 4.78 is 5.85. The summed E-state index contributed by atoms with van der Waals surface area (Å²) in [6, 6.07) is 19.7. The van der Waals surface area contributed by atoms with Crippen LogP contribution >= 0.6 is 22.9 Å². The maximum Gasteiger partial charge on any atom is 0.294 e. The highest BCUT2D eigenvalue weighted by molar-refractivity contribution is 7.12. The number of benzene rings is 3. The summed E-state index contributed by atoms with van der Waals surface area (Å²) in [5, 5.41) is 18.0. The van der Waals surface area contributed by atoms with Crippen LogP contribution in [-0.4, -0.2) is 10.8 Å². The van der Waals surface area contributed by atoms with Crippen LogP contribution in [-0.2, 0) is 6.61 Å². The largest absolute Gasteiger partial charge is 0.489 e. The van der Waals surface area contributed by atoms with Gasteiger partial charge in [-0.15, -0.1) is 11.3 Å². The van der Waals surface area contributed by atoms with Crippen molar-refractivity contribution in [2.24, 2.45) is 0 Å². The van der Waals surface area contributed by atoms with E-state index in [0.717, 1.165) is 22.1 Å². The molecule has 6 nitrogen and oxygen atoms in total. The maximum absolute atomic E-state index is 12.5. The number of fused-ring (bicyclic) bond motifs is 1. The molecule has 4 rings (SSSR count). The fraction of sp³-hybridized carbons (Fsp3) is 0.0455. The van der Waals surface area contributed by atoms with Crippen molar-refractivity contribution < 1.29 is 14.5 Å². The number of amides is 1. The van der Waals surface area contributed by atoms with Crippen LogP contribution in [0.25, 0.3) is 10.8 Å². The number of carbonyl (C=O) groups excluding carboxylic acids is 1. The number of ether oxygens (including phenoxy) is 1. The van der Waals surface area contributed by atoms with Crippen LogP contribution in [0.5, 0.6) is 5.75 Å². The second-order valence-electron chi connectivity index (χ2n) is 6.49. The van der Waals surface area contributed by atoms with E-state index < -0.39 is 10.8 Å². The molecule has 0 aliphatic rings. The van der Waals surface area contributed by atoms with Crippen molar-refractivity contribution in [2.45, 2.75) is 6.61 Å². The van der Waals surface area contributed by atoms with Crippen molar-refractivity contribution in [1.29, 1.82) is 0 Å². The number of hydrogen-bond donors (Lipinski definition) is 1. The molecule has 8 heteroatoms. The Hall–Kier alpha value is -3.42. The van der Waals surface area contributed by atoms with Gasteiger partial charge in [-0.05, 0) is 46.5 Å². The lowest BCUT2D eigenvalue weighted by Crippen LogP contribution is -2.11. The van der Waals surface area contributed by atoms with Crippen molar-refractivity contribution in [3.05, 3.63) is 97.7 Å². The Morgan fingerprint density at radius 3 is 2.67 bits per heavy atom. The van der Waals surface area contributed by atoms with Crippen LogP contribution in [0.2, 0.25) is 5.02 Å². The standard InChI is InChI=1S/C22H15ClN2O4S/c23-17-6-8-19(20(11-17)25(27)28)24-22(26)21-9-14(13-30-21)12-29-18-7-5-15-3-1-2-4-16(15)10-18/h1-11,13H,12H2,(H,24,26). The Bertz CT molecular complexity index is 1250. The fourth-order valence-electron chi connectivity index (χ4n) is 2.94. The highest BCUT2D eigenvalue weighted by atomic mass is 35.5. The average Bonchev–Trinajstić information content (AvgIpc) is 3.22. The molecule has 1 heterocycles. The van der Waals surface area contributed by atoms with E-state index in [-0.39, 0.29) is 16.4 Å². The molecule has 150 valence electrons. The Morgan fingerprint density at radius 1 is 1.07 bits per heavy atom. The SMILES string of the molecule is O=C(Nc1ccc(Cl)cc1[N+](=O)[O-])c1cc(COc2ccc3ccccc3c2)cs1. The van der Waals surface area contributed by atoms with Crippen molar-refractivity contribution in [1.82, 2.24) is 0 Å². The first-order valence-corrected chi connectivity index (χ1v) is 10.2. The smallest absolute Gasteiger partial charge is 0.294 e. The van der Waals surface area contributed by atoms with Gasteiger partial charge in [-0.1, -0.05) is 41.9 Å². The summed E-state index contributed by atoms with van der Waals surface area (Å²) >= 11 is 7.05. The van der Waals surface area contributed by atoms with Gasteiger partial charge in [-0.25, -0.2) is 0 Å². The zero-order valence-corrected chi connectivity index (χ0v) is 17.1. The summed E-state index contributed by atoms with van der Waals surface area (Å²) in [7, 11) is 0. The number of anilines is 1. The van der Waals surface area contributed by atoms with Gasteiger partial charge >= 0.3 is 0 Å². The third kappa shape index (κ3) is 4.42. The van der Waals surface area contributed by atoms with Crippen LogP contribution < -0.4 is 10.1 Å². The molecular formula is C22H15ClN2O4S. The van der Waals surface area contributed by atoms with E-state index in [4.69, 9.17) is 16.3 Å². The summed E-state index contributed by atoms with van der Waals surface area (Å²) in [6.07, 6.45) is 0. The third-order valence-electron chi connectivity index (χ3n) is 4.41. The number of nitrogens with zero attached hydrogens (tertiary/aromatic N) is 1. The lowest BCUT2D eigenvalue weighted by atomic mass is 10.1. The molecule has 0 aliphatic heterocycles. The minimum absolute atomic E-state index is 0.0942. The van der Waals surface area contributed by atoms with Crippen LogP contribution in [0.3, 0.4) is 0 Å². The molecule has 4 aromatic rings. The zero-order chi connectivity index (χ0) is 21.1. The van der Waals surface area contributed by atoms with Crippen molar-refractivity contribution in [3.63, 3.8) is 0 Å². The molecule has 3 aromatic carbocycles. The zero-order valence-electron chi connectivity index (χ0n) is 15.5. The molecule has 0 saturated carbocycles. The first-order chi connectivity index (χ1) is 14.5. The van der Waals surface area contributed by atoms with Crippen LogP contribution in [0.1, 0.15) is 15.2 Å². The Morgan fingerprint density at radius 2 is 1.87 bits per heavy atom. The number of hydrogen-bond acceptors (Lipinski definition) is 5. The number of halogens is 1. The van der Waals surface area contributed by atoms with Gasteiger partial charge in [0.25, 0.3) is 11.6 Å². The molecule has 0 bridgehead atoms. The quantitative estimate of drug-likeness (QED) is 0.283. The molecule has 1 N–H and O–H groups in total. The number of rotatable bonds is 6. The van der Waals surface area contributed by atoms with Gasteiger partial charge in [0.1, 0.15) is 18.0 Å². The summed E-state index contributed by atoms with van der Waals surface area (Å²) in [5.41, 5.74) is 0.674. The van der Waals surface area contributed by atoms with E-state index in [2.05, 4.69) is 5.32 Å². The van der Waals surface area contributed by atoms with E-state index in [1.54, 1.807) is 6.07 Å². The Labute approximate surface area is 180 Å². The average molecular weight is 439 g/mol. The van der Waals surface area contributed by atoms with E-state index >= 15 is 0 Å². The van der Waals surface area contributed by atoms with Crippen LogP contribution in [0, 0.1) is 10.1 Å². The number of nitro groups is 1. The number of carbonyl (C=O) groups is 1. The molecule has 0 unspecified atom stereocenters. The van der Waals surface area contributed by atoms with Crippen LogP contribution in [0.15, 0.2) is 72.1 Å². The highest BCUT2D eigenvalue weighted by Crippen LogP contribution is 2.29. The Kier molecular flexibility index (Phi) is 5.65. The maximum atomic E-state index is 12.5. The molecule has 30 heavy (non-hydrogen) atoms. The molecule has 0 atom stereocenters. The summed E-state index contributed by atoms with van der Waals surface area (Å²) in [6.45, 7) is 0.309. The lowest BCUT2D eigenvalue weighted by Gasteiger charge is -2.06. The van der Waals surface area contributed by atoms with Crippen molar-refractivity contribution >= 4 is 51.0 Å². The van der Waals surface area contributed by atoms with Gasteiger partial charge in [0.2, 0.25) is 0 Å². The highest BCUT2D eigenvalue weighted by Gasteiger charge is 2.18. The monoisotopic (exact) mass is 438 g/mol. The normalized spacial score (nSPS) is 10.7. The Balaban J connectivity index is 1.43. The number of nitrogens with one attached hydrogen (secondary N) is 1. The minimum atomic E-state index is -0.585. The van der Waals surface area contributed by atoms with E-state index in [1.807, 2.05) is 47.8 Å². The van der Waals surface area contributed by atoms with Gasteiger partial charge in [0.15, 0.2) is 0 Å². The molecule has 0 aliphatic carbocycles. The predicted molar refractivity (Wildman–Crippen MR) is 119 cm³/mol. The van der Waals surface area contributed by atoms with Crippen LogP contribution in [0.4, 0.5) is 11.4 Å². The summed E-state index contributed by atoms with van der Waals surface area (Å²) in [5.74, 6) is 0.310. The second kappa shape index (κ2) is 8.52. The molecule has 0 radical (unpaired) electrons. The molecule has 0 spiro atoms. The van der Waals surface area contributed by atoms with E-state index in [9.17, 15) is 14.9 Å². The minimum Gasteiger partial charge on any atom is -0.489 e. The molecule has 1 amide bonds. The van der Waals surface area contributed by atoms with Gasteiger partial charge in [-0.3, -0.25) is 14.9 Å². The first kappa shape index (κ1) is 19.9. The van der Waals surface area contributed by atoms with E-state index in [1.165, 1.54) is 29.5 Å². The van der Waals surface area contributed by atoms with E-state index in [0.29, 0.717) is 11.5 Å². The van der Waals surface area contributed by atoms with Gasteiger partial charge < -0.3 is 10.1 Å². The number of nitro benzene ring substituents is 1. The topological polar surface area (TPSA) is 81.5 Å². The molecular weight excluding hydrogens is 424 g/mol. The van der Waals surface area contributed by atoms with Gasteiger partial charge in [0.05, 0.1) is 9.80 Å². The van der Waals surface area contributed by atoms with Crippen molar-refractivity contribution in [2.75, 3.05) is 5.32 Å². The lowest BCUT2D eigenvalue weighted by molar-refractivity contribution is -0.383. The first-order valence-electron chi connectivity index (χ1n) is 8.94. The molecule has 1 aromatic heterocycles. The van der Waals surface area contributed by atoms with Gasteiger partial charge in [-0.2, -0.15) is 0 Å². The fourth-order valence-corrected chi connectivity index (χ4v) is 3.90. The summed E-state index contributed by atoms with van der Waals surface area (Å²) in [4.78, 5) is 23.5.